The van der Waals surface area contributed by atoms with Gasteiger partial charge in [-0.3, -0.25) is 9.59 Å². The maximum Gasteiger partial charge on any atom is 0.251 e. The molecule has 0 bridgehead atoms. The lowest BCUT2D eigenvalue weighted by Crippen LogP contribution is -2.38. The number of methoxy groups -OCH3 is 2. The predicted molar refractivity (Wildman–Crippen MR) is 99.9 cm³/mol. The van der Waals surface area contributed by atoms with Gasteiger partial charge < -0.3 is 20.1 Å². The topological polar surface area (TPSA) is 76.7 Å². The highest BCUT2D eigenvalue weighted by Gasteiger charge is 2.14. The van der Waals surface area contributed by atoms with Gasteiger partial charge in [-0.25, -0.2) is 0 Å². The molecule has 0 aliphatic heterocycles. The van der Waals surface area contributed by atoms with Crippen LogP contribution in [0.4, 0.5) is 0 Å². The van der Waals surface area contributed by atoms with Gasteiger partial charge in [-0.2, -0.15) is 0 Å². The molecule has 0 heterocycles. The molecule has 0 aliphatic rings. The highest BCUT2D eigenvalue weighted by atomic mass is 35.5. The van der Waals surface area contributed by atoms with E-state index < -0.39 is 0 Å². The van der Waals surface area contributed by atoms with Crippen molar-refractivity contribution in [2.75, 3.05) is 20.8 Å². The molecule has 2 rings (SSSR count). The number of rotatable bonds is 7. The van der Waals surface area contributed by atoms with Crippen LogP contribution in [-0.4, -0.2) is 32.6 Å². The van der Waals surface area contributed by atoms with Crippen LogP contribution in [0.25, 0.3) is 0 Å². The van der Waals surface area contributed by atoms with Gasteiger partial charge in [0.25, 0.3) is 5.91 Å². The lowest BCUT2D eigenvalue weighted by Gasteiger charge is -2.16. The van der Waals surface area contributed by atoms with Gasteiger partial charge in [-0.15, -0.1) is 0 Å². The number of halogens is 1. The van der Waals surface area contributed by atoms with Gasteiger partial charge in [0.05, 0.1) is 26.8 Å². The molecule has 0 saturated carbocycles. The highest BCUT2D eigenvalue weighted by Crippen LogP contribution is 2.27. The molecule has 26 heavy (non-hydrogen) atoms. The second-order valence-corrected chi connectivity index (χ2v) is 5.97. The molecule has 0 radical (unpaired) electrons. The Balaban J connectivity index is 1.93. The maximum atomic E-state index is 12.2. The number of carbonyl (C=O) groups excluding carboxylic acids is 2. The van der Waals surface area contributed by atoms with E-state index in [1.807, 2.05) is 25.1 Å². The number of nitrogens with one attached hydrogen (secondary N) is 2. The van der Waals surface area contributed by atoms with Gasteiger partial charge in [0.2, 0.25) is 5.91 Å². The van der Waals surface area contributed by atoms with Gasteiger partial charge in [0.15, 0.2) is 11.5 Å². The van der Waals surface area contributed by atoms with Crippen LogP contribution in [0.5, 0.6) is 11.5 Å². The van der Waals surface area contributed by atoms with Crippen molar-refractivity contribution in [2.45, 2.75) is 13.0 Å². The number of hydrogen-bond donors (Lipinski definition) is 2. The first kappa shape index (κ1) is 19.6. The number of hydrogen-bond acceptors (Lipinski definition) is 4. The molecular weight excluding hydrogens is 356 g/mol. The van der Waals surface area contributed by atoms with Gasteiger partial charge in [-0.05, 0) is 36.8 Å². The fourth-order valence-electron chi connectivity index (χ4n) is 2.44. The molecule has 0 fully saturated rings. The molecule has 1 atom stereocenters. The molecule has 0 aromatic heterocycles. The van der Waals surface area contributed by atoms with Crippen LogP contribution in [0.1, 0.15) is 28.9 Å². The Kier molecular flexibility index (Phi) is 6.86. The Hall–Kier alpha value is -2.73. The average molecular weight is 377 g/mol. The van der Waals surface area contributed by atoms with E-state index in [0.717, 1.165) is 5.56 Å². The van der Waals surface area contributed by atoms with Crippen molar-refractivity contribution in [3.63, 3.8) is 0 Å². The molecular formula is C19H21ClN2O4. The van der Waals surface area contributed by atoms with Crippen molar-refractivity contribution in [1.82, 2.24) is 10.6 Å². The highest BCUT2D eigenvalue weighted by molar-refractivity contribution is 6.31. The summed E-state index contributed by atoms with van der Waals surface area (Å²) >= 11 is 6.12. The normalized spacial score (nSPS) is 11.4. The van der Waals surface area contributed by atoms with E-state index in [0.29, 0.717) is 22.1 Å². The number of benzene rings is 2. The fraction of sp³-hybridized carbons (Fsp3) is 0.263. The molecule has 0 saturated heterocycles. The van der Waals surface area contributed by atoms with Gasteiger partial charge >= 0.3 is 0 Å². The summed E-state index contributed by atoms with van der Waals surface area (Å²) in [6.07, 6.45) is 0. The minimum atomic E-state index is -0.383. The third kappa shape index (κ3) is 4.89. The van der Waals surface area contributed by atoms with Gasteiger partial charge in [0.1, 0.15) is 0 Å². The third-order valence-electron chi connectivity index (χ3n) is 3.80. The Morgan fingerprint density at radius 3 is 2.42 bits per heavy atom. The van der Waals surface area contributed by atoms with Crippen LogP contribution in [-0.2, 0) is 4.79 Å². The first-order valence-electron chi connectivity index (χ1n) is 8.00. The first-order chi connectivity index (χ1) is 12.5. The standard InChI is InChI=1S/C19H21ClN2O4/c1-12(14-6-4-5-7-15(14)20)22-18(23)11-21-19(24)13-8-9-16(25-2)17(10-13)26-3/h4-10,12H,11H2,1-3H3,(H,21,24)(H,22,23). The lowest BCUT2D eigenvalue weighted by molar-refractivity contribution is -0.120. The zero-order valence-corrected chi connectivity index (χ0v) is 15.6. The fourth-order valence-corrected chi connectivity index (χ4v) is 2.74. The smallest absolute Gasteiger partial charge is 0.251 e. The summed E-state index contributed by atoms with van der Waals surface area (Å²) in [5.41, 5.74) is 1.18. The molecule has 2 aromatic carbocycles. The van der Waals surface area contributed by atoms with Crippen LogP contribution >= 0.6 is 11.6 Å². The summed E-state index contributed by atoms with van der Waals surface area (Å²) in [5, 5.41) is 5.96. The van der Waals surface area contributed by atoms with E-state index in [1.165, 1.54) is 14.2 Å². The number of carbonyl (C=O) groups is 2. The van der Waals surface area contributed by atoms with Crippen molar-refractivity contribution in [1.29, 1.82) is 0 Å². The van der Waals surface area contributed by atoms with Crippen molar-refractivity contribution in [3.8, 4) is 11.5 Å². The first-order valence-corrected chi connectivity index (χ1v) is 8.38. The predicted octanol–water partition coefficient (Wildman–Crippen LogP) is 2.96. The van der Waals surface area contributed by atoms with Gasteiger partial charge in [-0.1, -0.05) is 29.8 Å². The lowest BCUT2D eigenvalue weighted by atomic mass is 10.1. The molecule has 138 valence electrons. The number of ether oxygens (including phenoxy) is 2. The maximum absolute atomic E-state index is 12.2. The number of amides is 2. The van der Waals surface area contributed by atoms with Crippen LogP contribution in [0.15, 0.2) is 42.5 Å². The molecule has 2 aromatic rings. The second-order valence-electron chi connectivity index (χ2n) is 5.56. The van der Waals surface area contributed by atoms with Crippen LogP contribution < -0.4 is 20.1 Å². The van der Waals surface area contributed by atoms with Crippen molar-refractivity contribution in [3.05, 3.63) is 58.6 Å². The zero-order chi connectivity index (χ0) is 19.1. The monoisotopic (exact) mass is 376 g/mol. The molecule has 0 spiro atoms. The van der Waals surface area contributed by atoms with Crippen LogP contribution in [0.3, 0.4) is 0 Å². The third-order valence-corrected chi connectivity index (χ3v) is 4.15. The average Bonchev–Trinajstić information content (AvgIpc) is 2.65. The molecule has 2 amide bonds. The Morgan fingerprint density at radius 2 is 1.77 bits per heavy atom. The Morgan fingerprint density at radius 1 is 1.08 bits per heavy atom. The Labute approximate surface area is 157 Å². The summed E-state index contributed by atoms with van der Waals surface area (Å²) in [4.78, 5) is 24.3. The van der Waals surface area contributed by atoms with E-state index >= 15 is 0 Å². The zero-order valence-electron chi connectivity index (χ0n) is 14.8. The second kappa shape index (κ2) is 9.10. The molecule has 1 unspecified atom stereocenters. The van der Waals surface area contributed by atoms with E-state index in [2.05, 4.69) is 10.6 Å². The minimum absolute atomic E-state index is 0.151. The van der Waals surface area contributed by atoms with Gasteiger partial charge in [0, 0.05) is 10.6 Å². The summed E-state index contributed by atoms with van der Waals surface area (Å²) in [7, 11) is 3.01. The van der Waals surface area contributed by atoms with E-state index in [4.69, 9.17) is 21.1 Å². The summed E-state index contributed by atoms with van der Waals surface area (Å²) in [5.74, 6) is 0.269. The van der Waals surface area contributed by atoms with E-state index in [9.17, 15) is 9.59 Å². The largest absolute Gasteiger partial charge is 0.493 e. The van der Waals surface area contributed by atoms with Crippen LogP contribution in [0.2, 0.25) is 5.02 Å². The molecule has 6 nitrogen and oxygen atoms in total. The van der Waals surface area contributed by atoms with Crippen molar-refractivity contribution >= 4 is 23.4 Å². The molecule has 0 aliphatic carbocycles. The molecule has 2 N–H and O–H groups in total. The molecule has 7 heteroatoms. The van der Waals surface area contributed by atoms with E-state index in [-0.39, 0.29) is 24.4 Å². The SMILES string of the molecule is COc1ccc(C(=O)NCC(=O)NC(C)c2ccccc2Cl)cc1OC. The summed E-state index contributed by atoms with van der Waals surface area (Å²) in [6, 6.07) is 11.8. The summed E-state index contributed by atoms with van der Waals surface area (Å²) in [6.45, 7) is 1.68. The van der Waals surface area contributed by atoms with E-state index in [1.54, 1.807) is 24.3 Å². The van der Waals surface area contributed by atoms with Crippen LogP contribution in [0, 0.1) is 0 Å². The van der Waals surface area contributed by atoms with Crippen molar-refractivity contribution < 1.29 is 19.1 Å². The Bertz CT molecular complexity index is 795. The quantitative estimate of drug-likeness (QED) is 0.778. The minimum Gasteiger partial charge on any atom is -0.493 e. The summed E-state index contributed by atoms with van der Waals surface area (Å²) < 4.78 is 10.3. The van der Waals surface area contributed by atoms with Crippen molar-refractivity contribution in [2.24, 2.45) is 0 Å².